The number of hydrogen-bond acceptors (Lipinski definition) is 7. The Labute approximate surface area is 145 Å². The van der Waals surface area contributed by atoms with Gasteiger partial charge in [0.25, 0.3) is 7.82 Å². The van der Waals surface area contributed by atoms with Crippen LogP contribution in [-0.2, 0) is 18.7 Å². The Hall–Kier alpha value is 0.270. The predicted molar refractivity (Wildman–Crippen MR) is 64.0 cm³/mol. The van der Waals surface area contributed by atoms with Crippen molar-refractivity contribution in [3.63, 3.8) is 0 Å². The van der Waals surface area contributed by atoms with Crippen LogP contribution < -0.4 is 15.3 Å². The largest absolute Gasteiger partial charge is 2.00 e. The molecule has 0 aliphatic heterocycles. The second kappa shape index (κ2) is 9.32. The van der Waals surface area contributed by atoms with Crippen molar-refractivity contribution in [1.82, 2.24) is 5.32 Å². The molecule has 112 valence electrons. The van der Waals surface area contributed by atoms with Gasteiger partial charge in [0.1, 0.15) is 6.10 Å². The van der Waals surface area contributed by atoms with Crippen LogP contribution in [0.2, 0.25) is 0 Å². The van der Waals surface area contributed by atoms with Gasteiger partial charge in [0.05, 0.1) is 6.61 Å². The number of phosphoric acid groups is 1. The molecule has 0 radical (unpaired) electrons. The molecule has 0 aromatic rings. The van der Waals surface area contributed by atoms with Gasteiger partial charge in [-0.2, -0.15) is 0 Å². The predicted octanol–water partition coefficient (Wildman–Crippen LogP) is -3.27. The average molecular weight is 337 g/mol. The molecule has 1 amide bonds. The molecule has 0 aromatic carbocycles. The van der Waals surface area contributed by atoms with Crippen LogP contribution in [0.5, 0.6) is 0 Å². The molecule has 9 nitrogen and oxygen atoms in total. The maximum atomic E-state index is 11.5. The van der Waals surface area contributed by atoms with Gasteiger partial charge in [-0.05, 0) is 0 Å². The van der Waals surface area contributed by atoms with Gasteiger partial charge in [0, 0.05) is 24.3 Å². The minimum absolute atomic E-state index is 0. The first kappa shape index (κ1) is 22.5. The van der Waals surface area contributed by atoms with Gasteiger partial charge in [-0.15, -0.1) is 0 Å². The molecule has 0 fully saturated rings. The van der Waals surface area contributed by atoms with E-state index in [-0.39, 0.29) is 44.3 Å². The van der Waals surface area contributed by atoms with Crippen LogP contribution in [0.3, 0.4) is 0 Å². The number of carbonyl (C=O) groups excluding carboxylic acids is 2. The smallest absolute Gasteiger partial charge is 0.756 e. The van der Waals surface area contributed by atoms with Gasteiger partial charge >= 0.3 is 37.7 Å². The van der Waals surface area contributed by atoms with Gasteiger partial charge < -0.3 is 34.6 Å². The van der Waals surface area contributed by atoms with Crippen LogP contribution >= 0.6 is 7.82 Å². The number of aliphatic hydroxyl groups excluding tert-OH is 1. The zero-order valence-corrected chi connectivity index (χ0v) is 14.3. The molecule has 2 atom stereocenters. The number of rotatable bonds is 8. The van der Waals surface area contributed by atoms with E-state index in [1.165, 1.54) is 13.8 Å². The number of hydrogen-bond donors (Lipinski definition) is 3. The standard InChI is InChI=1S/C9H18NO8P.Ca/c1-9(2,5-18-19(15,16)17)7(13)8(14)10-4-3-6(11)12;/h7,13H,3-5H2,1-2H3,(H,10,14)(H,11,12)(H2,15,16,17);/q;+2/p-2/t7-;/m0./s1. The molecule has 0 saturated carbocycles. The Balaban J connectivity index is 0. The Bertz CT molecular complexity index is 382. The monoisotopic (exact) mass is 337 g/mol. The van der Waals surface area contributed by atoms with Crippen LogP contribution in [0, 0.1) is 5.41 Å². The van der Waals surface area contributed by atoms with Gasteiger partial charge in [0.2, 0.25) is 5.91 Å². The van der Waals surface area contributed by atoms with Crippen molar-refractivity contribution in [3.05, 3.63) is 0 Å². The molecule has 20 heavy (non-hydrogen) atoms. The topological polar surface area (TPSA) is 159 Å². The minimum Gasteiger partial charge on any atom is -0.756 e. The Kier molecular flexibility index (Phi) is 10.5. The summed E-state index contributed by atoms with van der Waals surface area (Å²) in [5.74, 6) is -2.24. The number of aliphatic hydroxyl groups is 1. The average Bonchev–Trinajstić information content (AvgIpc) is 2.24. The molecule has 0 spiro atoms. The van der Waals surface area contributed by atoms with Crippen LogP contribution in [0.25, 0.3) is 0 Å². The maximum absolute atomic E-state index is 11.5. The van der Waals surface area contributed by atoms with E-state index in [4.69, 9.17) is 4.89 Å². The molecular formula is C9H16CaNO8P. The summed E-state index contributed by atoms with van der Waals surface area (Å²) in [6.07, 6.45) is -2.05. The molecular weight excluding hydrogens is 321 g/mol. The molecule has 0 rings (SSSR count). The van der Waals surface area contributed by atoms with E-state index in [9.17, 15) is 29.3 Å². The van der Waals surface area contributed by atoms with Crippen molar-refractivity contribution >= 4 is 57.4 Å². The second-order valence-corrected chi connectivity index (χ2v) is 5.74. The summed E-state index contributed by atoms with van der Waals surface area (Å²) >= 11 is 0. The van der Waals surface area contributed by atoms with Crippen LogP contribution in [0.1, 0.15) is 20.3 Å². The number of carboxylic acid groups (broad SMARTS) is 1. The summed E-state index contributed by atoms with van der Waals surface area (Å²) in [5, 5.41) is 21.9. The summed E-state index contributed by atoms with van der Waals surface area (Å²) in [4.78, 5) is 40.4. The fourth-order valence-electron chi connectivity index (χ4n) is 1.07. The number of nitrogens with one attached hydrogen (secondary N) is 1. The van der Waals surface area contributed by atoms with Crippen molar-refractivity contribution in [2.45, 2.75) is 26.4 Å². The van der Waals surface area contributed by atoms with E-state index in [1.54, 1.807) is 0 Å². The summed E-state index contributed by atoms with van der Waals surface area (Å²) in [6, 6.07) is 0. The first-order valence-electron chi connectivity index (χ1n) is 5.29. The van der Waals surface area contributed by atoms with Crippen molar-refractivity contribution in [3.8, 4) is 0 Å². The first-order valence-corrected chi connectivity index (χ1v) is 6.79. The Morgan fingerprint density at radius 1 is 1.45 bits per heavy atom. The Morgan fingerprint density at radius 2 is 1.95 bits per heavy atom. The summed E-state index contributed by atoms with van der Waals surface area (Å²) < 4.78 is 14.5. The van der Waals surface area contributed by atoms with Gasteiger partial charge in [-0.1, -0.05) is 13.8 Å². The van der Waals surface area contributed by atoms with Crippen molar-refractivity contribution in [2.75, 3.05) is 13.2 Å². The fourth-order valence-corrected chi connectivity index (χ4v) is 1.56. The van der Waals surface area contributed by atoms with Crippen molar-refractivity contribution in [1.29, 1.82) is 0 Å². The number of carbonyl (C=O) groups is 2. The molecule has 0 bridgehead atoms. The van der Waals surface area contributed by atoms with Crippen LogP contribution in [-0.4, -0.2) is 78.9 Å². The van der Waals surface area contributed by atoms with Crippen molar-refractivity contribution < 1.29 is 38.7 Å². The summed E-state index contributed by atoms with van der Waals surface area (Å²) in [7, 11) is -4.95. The number of carboxylic acids is 1. The SMILES string of the molecule is CC(C)(COP(=O)([O-])O)[C@@H](O)C(=O)NCCC(=O)[O-].[Ca+2]. The molecule has 3 N–H and O–H groups in total. The summed E-state index contributed by atoms with van der Waals surface area (Å²) in [6.45, 7) is 1.84. The number of amides is 1. The molecule has 0 saturated heterocycles. The fraction of sp³-hybridized carbons (Fsp3) is 0.778. The van der Waals surface area contributed by atoms with E-state index < -0.39 is 44.2 Å². The van der Waals surface area contributed by atoms with E-state index >= 15 is 0 Å². The molecule has 11 heteroatoms. The van der Waals surface area contributed by atoms with E-state index in [0.717, 1.165) is 0 Å². The Morgan fingerprint density at radius 3 is 2.35 bits per heavy atom. The van der Waals surface area contributed by atoms with E-state index in [2.05, 4.69) is 9.84 Å². The van der Waals surface area contributed by atoms with Crippen molar-refractivity contribution in [2.24, 2.45) is 5.41 Å². The number of aliphatic carboxylic acids is 1. The molecule has 1 unspecified atom stereocenters. The van der Waals surface area contributed by atoms with E-state index in [0.29, 0.717) is 0 Å². The van der Waals surface area contributed by atoms with Gasteiger partial charge in [-0.3, -0.25) is 9.36 Å². The normalized spacial score (nSPS) is 15.7. The molecule has 0 aliphatic carbocycles. The van der Waals surface area contributed by atoms with Gasteiger partial charge in [-0.25, -0.2) is 0 Å². The zero-order chi connectivity index (χ0) is 15.3. The number of phosphoric ester groups is 1. The molecule has 0 aliphatic rings. The zero-order valence-electron chi connectivity index (χ0n) is 11.2. The third-order valence-corrected chi connectivity index (χ3v) is 2.67. The second-order valence-electron chi connectivity index (χ2n) is 4.55. The molecule has 0 heterocycles. The first-order chi connectivity index (χ1) is 8.46. The maximum Gasteiger partial charge on any atom is 2.00 e. The third-order valence-electron chi connectivity index (χ3n) is 2.22. The van der Waals surface area contributed by atoms with Crippen LogP contribution in [0.15, 0.2) is 0 Å². The summed E-state index contributed by atoms with van der Waals surface area (Å²) in [5.41, 5.74) is -1.30. The third kappa shape index (κ3) is 10.1. The minimum atomic E-state index is -4.95. The van der Waals surface area contributed by atoms with E-state index in [1.807, 2.05) is 0 Å². The van der Waals surface area contributed by atoms with Crippen LogP contribution in [0.4, 0.5) is 0 Å². The van der Waals surface area contributed by atoms with Gasteiger partial charge in [0.15, 0.2) is 0 Å². The quantitative estimate of drug-likeness (QED) is 0.307. The molecule has 0 aromatic heterocycles.